The van der Waals surface area contributed by atoms with Crippen LogP contribution in [0.5, 0.6) is 0 Å². The van der Waals surface area contributed by atoms with E-state index >= 15 is 0 Å². The van der Waals surface area contributed by atoms with Crippen molar-refractivity contribution in [2.24, 2.45) is 5.92 Å². The molecule has 1 N–H and O–H groups in total. The van der Waals surface area contributed by atoms with Crippen molar-refractivity contribution in [2.45, 2.75) is 45.6 Å². The SMILES string of the molecule is CC(C)CN(CC(=O)O)C1CCCCc2ccccc21. The summed E-state index contributed by atoms with van der Waals surface area (Å²) in [6.07, 6.45) is 4.57. The maximum atomic E-state index is 11.2. The molecular weight excluding hydrogens is 250 g/mol. The highest BCUT2D eigenvalue weighted by Crippen LogP contribution is 2.33. The molecule has 0 spiro atoms. The zero-order chi connectivity index (χ0) is 14.5. The number of carbonyl (C=O) groups is 1. The molecule has 0 bridgehead atoms. The van der Waals surface area contributed by atoms with E-state index in [1.807, 2.05) is 0 Å². The molecule has 1 aromatic rings. The van der Waals surface area contributed by atoms with Crippen LogP contribution in [-0.2, 0) is 11.2 Å². The van der Waals surface area contributed by atoms with Crippen molar-refractivity contribution in [2.75, 3.05) is 13.1 Å². The summed E-state index contributed by atoms with van der Waals surface area (Å²) < 4.78 is 0. The minimum absolute atomic E-state index is 0.136. The number of hydrogen-bond donors (Lipinski definition) is 1. The summed E-state index contributed by atoms with van der Waals surface area (Å²) in [7, 11) is 0. The third-order valence-electron chi connectivity index (χ3n) is 3.97. The van der Waals surface area contributed by atoms with Gasteiger partial charge in [-0.05, 0) is 36.3 Å². The minimum Gasteiger partial charge on any atom is -0.480 e. The first-order chi connectivity index (χ1) is 9.58. The van der Waals surface area contributed by atoms with Crippen molar-refractivity contribution in [3.8, 4) is 0 Å². The molecule has 1 aromatic carbocycles. The molecule has 0 aromatic heterocycles. The monoisotopic (exact) mass is 275 g/mol. The standard InChI is InChI=1S/C17H25NO2/c1-13(2)11-18(12-17(19)20)16-10-6-4-8-14-7-3-5-9-15(14)16/h3,5,7,9,13,16H,4,6,8,10-12H2,1-2H3,(H,19,20). The quantitative estimate of drug-likeness (QED) is 0.836. The van der Waals surface area contributed by atoms with Crippen LogP contribution in [0, 0.1) is 5.92 Å². The molecule has 2 rings (SSSR count). The zero-order valence-corrected chi connectivity index (χ0v) is 12.5. The van der Waals surface area contributed by atoms with Crippen LogP contribution in [0.4, 0.5) is 0 Å². The van der Waals surface area contributed by atoms with Crippen molar-refractivity contribution < 1.29 is 9.90 Å². The Balaban J connectivity index is 2.28. The third-order valence-corrected chi connectivity index (χ3v) is 3.97. The van der Waals surface area contributed by atoms with Gasteiger partial charge in [-0.1, -0.05) is 44.5 Å². The lowest BCUT2D eigenvalue weighted by Gasteiger charge is -2.32. The molecule has 110 valence electrons. The van der Waals surface area contributed by atoms with Crippen molar-refractivity contribution in [1.29, 1.82) is 0 Å². The second kappa shape index (κ2) is 6.89. The highest BCUT2D eigenvalue weighted by molar-refractivity contribution is 5.69. The maximum Gasteiger partial charge on any atom is 0.317 e. The molecule has 0 saturated carbocycles. The van der Waals surface area contributed by atoms with Crippen LogP contribution in [0.15, 0.2) is 24.3 Å². The molecule has 0 saturated heterocycles. The first kappa shape index (κ1) is 15.0. The molecule has 1 unspecified atom stereocenters. The minimum atomic E-state index is -0.729. The summed E-state index contributed by atoms with van der Waals surface area (Å²) in [5.41, 5.74) is 2.74. The van der Waals surface area contributed by atoms with Crippen molar-refractivity contribution in [3.63, 3.8) is 0 Å². The van der Waals surface area contributed by atoms with Crippen LogP contribution in [0.3, 0.4) is 0 Å². The number of carboxylic acid groups (broad SMARTS) is 1. The molecule has 3 nitrogen and oxygen atoms in total. The first-order valence-corrected chi connectivity index (χ1v) is 7.61. The number of benzene rings is 1. The second-order valence-corrected chi connectivity index (χ2v) is 6.18. The van der Waals surface area contributed by atoms with Gasteiger partial charge in [0.1, 0.15) is 0 Å². The maximum absolute atomic E-state index is 11.2. The van der Waals surface area contributed by atoms with E-state index in [0.29, 0.717) is 5.92 Å². The summed E-state index contributed by atoms with van der Waals surface area (Å²) in [5.74, 6) is -0.253. The van der Waals surface area contributed by atoms with Gasteiger partial charge in [-0.15, -0.1) is 0 Å². The van der Waals surface area contributed by atoms with Crippen LogP contribution < -0.4 is 0 Å². The van der Waals surface area contributed by atoms with Gasteiger partial charge in [0.15, 0.2) is 0 Å². The molecule has 0 heterocycles. The van der Waals surface area contributed by atoms with E-state index in [0.717, 1.165) is 19.4 Å². The summed E-state index contributed by atoms with van der Waals surface area (Å²) in [6, 6.07) is 8.80. The Morgan fingerprint density at radius 1 is 1.35 bits per heavy atom. The van der Waals surface area contributed by atoms with Crippen LogP contribution in [-0.4, -0.2) is 29.1 Å². The van der Waals surface area contributed by atoms with Crippen molar-refractivity contribution in [1.82, 2.24) is 4.90 Å². The van der Waals surface area contributed by atoms with Crippen LogP contribution in [0.1, 0.15) is 50.3 Å². The lowest BCUT2D eigenvalue weighted by atomic mass is 9.97. The fourth-order valence-corrected chi connectivity index (χ4v) is 3.22. The number of hydrogen-bond acceptors (Lipinski definition) is 2. The Morgan fingerprint density at radius 2 is 2.10 bits per heavy atom. The molecule has 1 aliphatic carbocycles. The zero-order valence-electron chi connectivity index (χ0n) is 12.5. The van der Waals surface area contributed by atoms with Gasteiger partial charge in [-0.3, -0.25) is 9.69 Å². The third kappa shape index (κ3) is 3.83. The Hall–Kier alpha value is -1.35. The van der Waals surface area contributed by atoms with Gasteiger partial charge >= 0.3 is 5.97 Å². The highest BCUT2D eigenvalue weighted by atomic mass is 16.4. The Bertz CT molecular complexity index is 456. The molecule has 1 aliphatic rings. The summed E-state index contributed by atoms with van der Waals surface area (Å²) in [5, 5.41) is 9.20. The normalized spacial score (nSPS) is 18.9. The molecule has 3 heteroatoms. The second-order valence-electron chi connectivity index (χ2n) is 6.18. The number of carboxylic acids is 1. The lowest BCUT2D eigenvalue weighted by molar-refractivity contribution is -0.139. The van der Waals surface area contributed by atoms with Gasteiger partial charge in [0.25, 0.3) is 0 Å². The molecule has 0 amide bonds. The Kier molecular flexibility index (Phi) is 5.18. The average Bonchev–Trinajstić information content (AvgIpc) is 2.59. The number of fused-ring (bicyclic) bond motifs is 1. The molecule has 0 fully saturated rings. The van der Waals surface area contributed by atoms with E-state index < -0.39 is 5.97 Å². The van der Waals surface area contributed by atoms with Crippen molar-refractivity contribution in [3.05, 3.63) is 35.4 Å². The van der Waals surface area contributed by atoms with Gasteiger partial charge in [0.05, 0.1) is 6.54 Å². The molecule has 0 aliphatic heterocycles. The van der Waals surface area contributed by atoms with Crippen LogP contribution in [0.2, 0.25) is 0 Å². The predicted octanol–water partition coefficient (Wildman–Crippen LogP) is 3.50. The van der Waals surface area contributed by atoms with E-state index in [9.17, 15) is 9.90 Å². The van der Waals surface area contributed by atoms with Crippen LogP contribution >= 0.6 is 0 Å². The van der Waals surface area contributed by atoms with Crippen LogP contribution in [0.25, 0.3) is 0 Å². The Morgan fingerprint density at radius 3 is 2.80 bits per heavy atom. The number of aryl methyl sites for hydroxylation is 1. The number of aliphatic carboxylic acids is 1. The van der Waals surface area contributed by atoms with E-state index in [2.05, 4.69) is 43.0 Å². The van der Waals surface area contributed by atoms with Gasteiger partial charge in [0.2, 0.25) is 0 Å². The average molecular weight is 275 g/mol. The van der Waals surface area contributed by atoms with E-state index in [1.54, 1.807) is 0 Å². The van der Waals surface area contributed by atoms with E-state index in [1.165, 1.54) is 24.0 Å². The smallest absolute Gasteiger partial charge is 0.317 e. The molecule has 0 radical (unpaired) electrons. The molecular formula is C17H25NO2. The van der Waals surface area contributed by atoms with Crippen molar-refractivity contribution >= 4 is 5.97 Å². The largest absolute Gasteiger partial charge is 0.480 e. The summed E-state index contributed by atoms with van der Waals surface area (Å²) in [4.78, 5) is 13.3. The first-order valence-electron chi connectivity index (χ1n) is 7.61. The molecule has 20 heavy (non-hydrogen) atoms. The fraction of sp³-hybridized carbons (Fsp3) is 0.588. The number of rotatable bonds is 5. The topological polar surface area (TPSA) is 40.5 Å². The highest BCUT2D eigenvalue weighted by Gasteiger charge is 2.26. The van der Waals surface area contributed by atoms with Gasteiger partial charge in [0, 0.05) is 12.6 Å². The number of nitrogens with zero attached hydrogens (tertiary/aromatic N) is 1. The fourth-order valence-electron chi connectivity index (χ4n) is 3.22. The predicted molar refractivity (Wildman–Crippen MR) is 80.8 cm³/mol. The Labute approximate surface area is 121 Å². The van der Waals surface area contributed by atoms with Gasteiger partial charge in [-0.25, -0.2) is 0 Å². The molecule has 1 atom stereocenters. The lowest BCUT2D eigenvalue weighted by Crippen LogP contribution is -2.36. The van der Waals surface area contributed by atoms with Gasteiger partial charge in [-0.2, -0.15) is 0 Å². The summed E-state index contributed by atoms with van der Waals surface area (Å²) in [6.45, 7) is 5.28. The van der Waals surface area contributed by atoms with E-state index in [-0.39, 0.29) is 12.6 Å². The summed E-state index contributed by atoms with van der Waals surface area (Å²) >= 11 is 0. The van der Waals surface area contributed by atoms with Gasteiger partial charge < -0.3 is 5.11 Å². The van der Waals surface area contributed by atoms with E-state index in [4.69, 9.17) is 0 Å².